The first-order valence-electron chi connectivity index (χ1n) is 8.97. The van der Waals surface area contributed by atoms with Gasteiger partial charge in [0, 0.05) is 11.6 Å². The Kier molecular flexibility index (Phi) is 5.99. The van der Waals surface area contributed by atoms with Crippen LogP contribution in [0, 0.1) is 17.5 Å². The molecule has 1 aliphatic carbocycles. The van der Waals surface area contributed by atoms with E-state index < -0.39 is 35.1 Å². The predicted molar refractivity (Wildman–Crippen MR) is 97.0 cm³/mol. The molecule has 0 aliphatic heterocycles. The minimum Gasteiger partial charge on any atom is -0.348 e. The fourth-order valence-corrected chi connectivity index (χ4v) is 2.99. The standard InChI is InChI=1S/C20H20F3N3O2/c1-26(11-16(27)25-15-10-9-14(21)17(22)18(15)23)19(12-5-3-2-4-6-12)20(28)24-13-7-8-13/h2-6,9-10,13,19H,7-8,11H2,1H3,(H,24,28)(H,25,27)/p+1/t19-/m1/s1. The molecule has 1 unspecified atom stereocenters. The van der Waals surface area contributed by atoms with Gasteiger partial charge in [-0.15, -0.1) is 0 Å². The van der Waals surface area contributed by atoms with E-state index in [4.69, 9.17) is 0 Å². The summed E-state index contributed by atoms with van der Waals surface area (Å²) < 4.78 is 40.1. The normalized spacial score (nSPS) is 15.6. The maximum Gasteiger partial charge on any atom is 0.283 e. The number of hydrogen-bond donors (Lipinski definition) is 3. The summed E-state index contributed by atoms with van der Waals surface area (Å²) >= 11 is 0. The Balaban J connectivity index is 1.72. The minimum atomic E-state index is -1.65. The first-order valence-corrected chi connectivity index (χ1v) is 8.97. The Bertz CT molecular complexity index is 872. The van der Waals surface area contributed by atoms with Crippen molar-refractivity contribution in [1.29, 1.82) is 0 Å². The van der Waals surface area contributed by atoms with Crippen LogP contribution in [0.2, 0.25) is 0 Å². The van der Waals surface area contributed by atoms with Crippen LogP contribution in [-0.4, -0.2) is 31.4 Å². The van der Waals surface area contributed by atoms with Crippen molar-refractivity contribution in [1.82, 2.24) is 5.32 Å². The summed E-state index contributed by atoms with van der Waals surface area (Å²) in [7, 11) is 1.67. The van der Waals surface area contributed by atoms with Crippen LogP contribution in [0.5, 0.6) is 0 Å². The molecule has 0 bridgehead atoms. The van der Waals surface area contributed by atoms with E-state index in [1.807, 2.05) is 6.07 Å². The molecule has 0 spiro atoms. The number of carbonyl (C=O) groups is 2. The third-order valence-electron chi connectivity index (χ3n) is 4.56. The Labute approximate surface area is 160 Å². The Morgan fingerprint density at radius 1 is 1.07 bits per heavy atom. The smallest absolute Gasteiger partial charge is 0.283 e. The van der Waals surface area contributed by atoms with E-state index in [0.717, 1.165) is 30.5 Å². The third-order valence-corrected chi connectivity index (χ3v) is 4.56. The number of benzene rings is 2. The molecule has 0 saturated heterocycles. The SMILES string of the molecule is C[NH+](CC(=O)Nc1ccc(F)c(F)c1F)[C@@H](C(=O)NC1CC1)c1ccccc1. The van der Waals surface area contributed by atoms with Crippen molar-refractivity contribution in [3.05, 3.63) is 65.5 Å². The molecule has 1 fully saturated rings. The number of likely N-dealkylation sites (N-methyl/N-ethyl adjacent to an activating group) is 1. The molecule has 2 amide bonds. The molecule has 0 aromatic heterocycles. The zero-order valence-electron chi connectivity index (χ0n) is 15.3. The summed E-state index contributed by atoms with van der Waals surface area (Å²) in [5.74, 6) is -5.26. The van der Waals surface area contributed by atoms with Gasteiger partial charge in [0.25, 0.3) is 11.8 Å². The number of amides is 2. The number of anilines is 1. The van der Waals surface area contributed by atoms with Crippen molar-refractivity contribution >= 4 is 17.5 Å². The van der Waals surface area contributed by atoms with Gasteiger partial charge in [0.1, 0.15) is 0 Å². The van der Waals surface area contributed by atoms with Gasteiger partial charge in [0.05, 0.1) is 12.7 Å². The van der Waals surface area contributed by atoms with Crippen LogP contribution in [0.4, 0.5) is 18.9 Å². The van der Waals surface area contributed by atoms with Gasteiger partial charge < -0.3 is 15.5 Å². The second-order valence-corrected chi connectivity index (χ2v) is 6.92. The highest BCUT2D eigenvalue weighted by molar-refractivity contribution is 5.92. The van der Waals surface area contributed by atoms with Crippen LogP contribution >= 0.6 is 0 Å². The quantitative estimate of drug-likeness (QED) is 0.627. The zero-order valence-corrected chi connectivity index (χ0v) is 15.3. The summed E-state index contributed by atoms with van der Waals surface area (Å²) in [6, 6.07) is 10.2. The first kappa shape index (κ1) is 19.9. The van der Waals surface area contributed by atoms with Gasteiger partial charge in [-0.3, -0.25) is 9.59 Å². The van der Waals surface area contributed by atoms with Gasteiger partial charge in [-0.25, -0.2) is 13.2 Å². The number of hydrogen-bond acceptors (Lipinski definition) is 2. The van der Waals surface area contributed by atoms with Crippen molar-refractivity contribution < 1.29 is 27.7 Å². The molecular formula is C20H21F3N3O2+. The third kappa shape index (κ3) is 4.69. The molecule has 0 heterocycles. The monoisotopic (exact) mass is 392 g/mol. The van der Waals surface area contributed by atoms with Crippen LogP contribution in [0.3, 0.4) is 0 Å². The van der Waals surface area contributed by atoms with Gasteiger partial charge in [0.2, 0.25) is 0 Å². The van der Waals surface area contributed by atoms with E-state index in [9.17, 15) is 22.8 Å². The maximum absolute atomic E-state index is 13.8. The van der Waals surface area contributed by atoms with Crippen LogP contribution in [0.25, 0.3) is 0 Å². The van der Waals surface area contributed by atoms with Crippen LogP contribution in [0.15, 0.2) is 42.5 Å². The van der Waals surface area contributed by atoms with E-state index >= 15 is 0 Å². The van der Waals surface area contributed by atoms with Gasteiger partial charge >= 0.3 is 0 Å². The van der Waals surface area contributed by atoms with E-state index in [1.54, 1.807) is 31.3 Å². The van der Waals surface area contributed by atoms with Gasteiger partial charge in [-0.05, 0) is 25.0 Å². The van der Waals surface area contributed by atoms with E-state index in [0.29, 0.717) is 4.90 Å². The van der Waals surface area contributed by atoms with E-state index in [-0.39, 0.29) is 18.5 Å². The van der Waals surface area contributed by atoms with Crippen molar-refractivity contribution in [2.75, 3.05) is 18.9 Å². The molecule has 28 heavy (non-hydrogen) atoms. The van der Waals surface area contributed by atoms with E-state index in [1.165, 1.54) is 0 Å². The second-order valence-electron chi connectivity index (χ2n) is 6.92. The van der Waals surface area contributed by atoms with Crippen molar-refractivity contribution in [2.24, 2.45) is 0 Å². The lowest BCUT2D eigenvalue weighted by Gasteiger charge is -2.24. The lowest BCUT2D eigenvalue weighted by Crippen LogP contribution is -3.11. The van der Waals surface area contributed by atoms with E-state index in [2.05, 4.69) is 10.6 Å². The summed E-state index contributed by atoms with van der Waals surface area (Å²) in [5.41, 5.74) is 0.292. The summed E-state index contributed by atoms with van der Waals surface area (Å²) in [4.78, 5) is 25.6. The molecule has 8 heteroatoms. The number of nitrogens with one attached hydrogen (secondary N) is 3. The van der Waals surface area contributed by atoms with Crippen molar-refractivity contribution in [3.63, 3.8) is 0 Å². The highest BCUT2D eigenvalue weighted by Gasteiger charge is 2.34. The molecule has 2 aromatic rings. The molecule has 3 N–H and O–H groups in total. The second kappa shape index (κ2) is 8.43. The number of rotatable bonds is 7. The number of quaternary nitrogens is 1. The summed E-state index contributed by atoms with van der Waals surface area (Å²) in [6.45, 7) is -0.171. The Hall–Kier alpha value is -2.87. The molecule has 2 aromatic carbocycles. The summed E-state index contributed by atoms with van der Waals surface area (Å²) in [6.07, 6.45) is 1.87. The molecule has 2 atom stereocenters. The lowest BCUT2D eigenvalue weighted by molar-refractivity contribution is -0.894. The minimum absolute atomic E-state index is 0.164. The average molecular weight is 392 g/mol. The zero-order chi connectivity index (χ0) is 20.3. The maximum atomic E-state index is 13.8. The molecule has 148 valence electrons. The molecule has 1 saturated carbocycles. The highest BCUT2D eigenvalue weighted by atomic mass is 19.2. The molecule has 1 aliphatic rings. The number of halogens is 3. The van der Waals surface area contributed by atoms with Gasteiger partial charge in [-0.2, -0.15) is 0 Å². The molecular weight excluding hydrogens is 371 g/mol. The largest absolute Gasteiger partial charge is 0.348 e. The fourth-order valence-electron chi connectivity index (χ4n) is 2.99. The predicted octanol–water partition coefficient (Wildman–Crippen LogP) is 1.58. The highest BCUT2D eigenvalue weighted by Crippen LogP contribution is 2.21. The Morgan fingerprint density at radius 3 is 2.39 bits per heavy atom. The Morgan fingerprint density at radius 2 is 1.75 bits per heavy atom. The van der Waals surface area contributed by atoms with Crippen LogP contribution < -0.4 is 15.5 Å². The fraction of sp³-hybridized carbons (Fsp3) is 0.300. The van der Waals surface area contributed by atoms with Gasteiger partial charge in [-0.1, -0.05) is 30.3 Å². The van der Waals surface area contributed by atoms with Crippen LogP contribution in [0.1, 0.15) is 24.4 Å². The average Bonchev–Trinajstić information content (AvgIpc) is 3.47. The topological polar surface area (TPSA) is 62.6 Å². The first-order chi connectivity index (χ1) is 13.4. The van der Waals surface area contributed by atoms with Gasteiger partial charge in [0.15, 0.2) is 30.0 Å². The van der Waals surface area contributed by atoms with Crippen molar-refractivity contribution in [2.45, 2.75) is 24.9 Å². The van der Waals surface area contributed by atoms with Crippen molar-refractivity contribution in [3.8, 4) is 0 Å². The van der Waals surface area contributed by atoms with Crippen LogP contribution in [-0.2, 0) is 9.59 Å². The molecule has 3 rings (SSSR count). The summed E-state index contributed by atoms with van der Waals surface area (Å²) in [5, 5.41) is 5.17. The molecule has 5 nitrogen and oxygen atoms in total. The molecule has 0 radical (unpaired) electrons. The lowest BCUT2D eigenvalue weighted by atomic mass is 10.0. The number of carbonyl (C=O) groups excluding carboxylic acids is 2.